The van der Waals surface area contributed by atoms with E-state index in [1.165, 1.54) is 0 Å². The van der Waals surface area contributed by atoms with Crippen LogP contribution in [0.3, 0.4) is 0 Å². The predicted molar refractivity (Wildman–Crippen MR) is 79.5 cm³/mol. The highest BCUT2D eigenvalue weighted by atomic mass is 79.9. The molecular formula is C12H9BrN3OS2+. The van der Waals surface area contributed by atoms with Crippen LogP contribution in [0.15, 0.2) is 30.0 Å². The fourth-order valence-electron chi connectivity index (χ4n) is 1.67. The molecule has 0 bridgehead atoms. The molecular weight excluding hydrogens is 346 g/mol. The molecule has 0 spiro atoms. The van der Waals surface area contributed by atoms with Crippen LogP contribution in [0.25, 0.3) is 20.2 Å². The van der Waals surface area contributed by atoms with Crippen molar-refractivity contribution < 1.29 is 9.36 Å². The van der Waals surface area contributed by atoms with Gasteiger partial charge in [-0.3, -0.25) is 4.79 Å². The summed E-state index contributed by atoms with van der Waals surface area (Å²) in [7, 11) is 0. The lowest BCUT2D eigenvalue weighted by molar-refractivity contribution is -0.695. The number of fused-ring (bicyclic) bond motifs is 1. The molecule has 3 heterocycles. The molecule has 0 fully saturated rings. The molecule has 0 N–H and O–H groups in total. The number of aryl methyl sites for hydroxylation is 1. The van der Waals surface area contributed by atoms with Crippen molar-refractivity contribution in [3.63, 3.8) is 0 Å². The van der Waals surface area contributed by atoms with Crippen LogP contribution in [-0.4, -0.2) is 14.7 Å². The van der Waals surface area contributed by atoms with Gasteiger partial charge in [-0.15, -0.1) is 11.3 Å². The van der Waals surface area contributed by atoms with Crippen LogP contribution in [0, 0.1) is 0 Å². The van der Waals surface area contributed by atoms with Crippen molar-refractivity contribution in [2.75, 3.05) is 0 Å². The number of carbonyl (C=O) groups is 1. The number of pyridine rings is 1. The fraction of sp³-hybridized carbons (Fsp3) is 0.167. The lowest BCUT2D eigenvalue weighted by atomic mass is 10.3. The maximum atomic E-state index is 10.9. The second-order valence-electron chi connectivity index (χ2n) is 3.91. The first-order chi connectivity index (χ1) is 9.22. The molecule has 0 amide bonds. The summed E-state index contributed by atoms with van der Waals surface area (Å²) in [5, 5.41) is 0.984. The van der Waals surface area contributed by atoms with Crippen LogP contribution in [0.1, 0.15) is 6.42 Å². The zero-order valence-corrected chi connectivity index (χ0v) is 13.0. The number of halogens is 1. The highest BCUT2D eigenvalue weighted by molar-refractivity contribution is 9.18. The monoisotopic (exact) mass is 354 g/mol. The van der Waals surface area contributed by atoms with Gasteiger partial charge < -0.3 is 0 Å². The molecule has 3 aromatic rings. The van der Waals surface area contributed by atoms with Crippen molar-refractivity contribution in [1.29, 1.82) is 0 Å². The Morgan fingerprint density at radius 3 is 2.79 bits per heavy atom. The lowest BCUT2D eigenvalue weighted by Crippen LogP contribution is -2.33. The molecule has 7 heteroatoms. The number of aromatic nitrogens is 3. The molecule has 0 saturated heterocycles. The van der Waals surface area contributed by atoms with Crippen molar-refractivity contribution in [1.82, 2.24) is 9.97 Å². The van der Waals surface area contributed by atoms with Crippen molar-refractivity contribution in [3.05, 3.63) is 30.0 Å². The number of carbonyl (C=O) groups excluding carboxylic acids is 1. The van der Waals surface area contributed by atoms with Crippen LogP contribution < -0.4 is 4.57 Å². The number of rotatable bonds is 4. The van der Waals surface area contributed by atoms with E-state index in [2.05, 4.69) is 25.9 Å². The molecule has 4 nitrogen and oxygen atoms in total. The molecule has 0 radical (unpaired) electrons. The Kier molecular flexibility index (Phi) is 3.67. The predicted octanol–water partition coefficient (Wildman–Crippen LogP) is 3.02. The van der Waals surface area contributed by atoms with Crippen LogP contribution in [0.5, 0.6) is 0 Å². The number of thiazole rings is 2. The third kappa shape index (κ3) is 2.88. The summed E-state index contributed by atoms with van der Waals surface area (Å²) < 4.78 is 2.01. The Morgan fingerprint density at radius 1 is 1.32 bits per heavy atom. The minimum absolute atomic E-state index is 0.0234. The van der Waals surface area contributed by atoms with E-state index in [4.69, 9.17) is 0 Å². The van der Waals surface area contributed by atoms with Crippen LogP contribution in [0.2, 0.25) is 0 Å². The van der Waals surface area contributed by atoms with Gasteiger partial charge in [-0.2, -0.15) is 0 Å². The van der Waals surface area contributed by atoms with E-state index < -0.39 is 0 Å². The van der Waals surface area contributed by atoms with Gasteiger partial charge in [0.05, 0.1) is 11.9 Å². The zero-order chi connectivity index (χ0) is 13.2. The van der Waals surface area contributed by atoms with Gasteiger partial charge in [0.25, 0.3) is 0 Å². The van der Waals surface area contributed by atoms with E-state index in [1.54, 1.807) is 22.7 Å². The Bertz CT molecular complexity index is 691. The Balaban J connectivity index is 1.82. The fourth-order valence-corrected chi connectivity index (χ4v) is 3.61. The van der Waals surface area contributed by atoms with Gasteiger partial charge in [-0.1, -0.05) is 11.3 Å². The van der Waals surface area contributed by atoms with Crippen LogP contribution >= 0.6 is 38.6 Å². The van der Waals surface area contributed by atoms with E-state index in [0.717, 1.165) is 20.2 Å². The van der Waals surface area contributed by atoms with E-state index in [0.29, 0.717) is 13.0 Å². The van der Waals surface area contributed by atoms with Gasteiger partial charge in [-0.25, -0.2) is 14.5 Å². The van der Waals surface area contributed by atoms with E-state index in [9.17, 15) is 4.79 Å². The Hall–Kier alpha value is -1.18. The zero-order valence-electron chi connectivity index (χ0n) is 9.75. The quantitative estimate of drug-likeness (QED) is 0.534. The van der Waals surface area contributed by atoms with E-state index in [1.807, 2.05) is 34.6 Å². The Morgan fingerprint density at radius 2 is 2.11 bits per heavy atom. The number of hydrogen-bond acceptors (Lipinski definition) is 5. The van der Waals surface area contributed by atoms with Gasteiger partial charge in [0.1, 0.15) is 5.01 Å². The average Bonchev–Trinajstić information content (AvgIpc) is 2.97. The summed E-state index contributed by atoms with van der Waals surface area (Å²) in [6.45, 7) is 0.679. The molecule has 0 aliphatic rings. The molecule has 0 aliphatic heterocycles. The minimum Gasteiger partial charge on any atom is -0.286 e. The summed E-state index contributed by atoms with van der Waals surface area (Å²) in [4.78, 5) is 21.6. The van der Waals surface area contributed by atoms with Crippen molar-refractivity contribution in [2.24, 2.45) is 0 Å². The molecule has 0 atom stereocenters. The summed E-state index contributed by atoms with van der Waals surface area (Å²) >= 11 is 6.09. The summed E-state index contributed by atoms with van der Waals surface area (Å²) in [6, 6.07) is 4.03. The smallest absolute Gasteiger partial charge is 0.204 e. The van der Waals surface area contributed by atoms with Gasteiger partial charge in [0, 0.05) is 17.7 Å². The maximum Gasteiger partial charge on any atom is 0.204 e. The van der Waals surface area contributed by atoms with Crippen LogP contribution in [0.4, 0.5) is 0 Å². The van der Waals surface area contributed by atoms with Crippen molar-refractivity contribution in [3.8, 4) is 10.6 Å². The highest BCUT2D eigenvalue weighted by Crippen LogP contribution is 2.30. The maximum absolute atomic E-state index is 10.9. The summed E-state index contributed by atoms with van der Waals surface area (Å²) in [6.07, 6.45) is 4.42. The second kappa shape index (κ2) is 5.44. The minimum atomic E-state index is 0.0234. The first-order valence-corrected chi connectivity index (χ1v) is 8.09. The summed E-state index contributed by atoms with van der Waals surface area (Å²) in [5.74, 6) is 0. The second-order valence-corrected chi connectivity index (χ2v) is 6.61. The van der Waals surface area contributed by atoms with E-state index >= 15 is 0 Å². The van der Waals surface area contributed by atoms with Crippen LogP contribution in [-0.2, 0) is 11.3 Å². The first-order valence-electron chi connectivity index (χ1n) is 5.60. The normalized spacial score (nSPS) is 11.0. The SMILES string of the molecule is O=C(Br)CC[n+]1ccc(-c2nc3scnc3s2)cc1. The van der Waals surface area contributed by atoms with Crippen molar-refractivity contribution >= 4 is 53.0 Å². The molecule has 96 valence electrons. The van der Waals surface area contributed by atoms with Gasteiger partial charge in [0.15, 0.2) is 28.6 Å². The highest BCUT2D eigenvalue weighted by Gasteiger charge is 2.10. The van der Waals surface area contributed by atoms with E-state index in [-0.39, 0.29) is 4.69 Å². The Labute approximate surface area is 125 Å². The third-order valence-electron chi connectivity index (χ3n) is 2.62. The number of nitrogens with zero attached hydrogens (tertiary/aromatic N) is 3. The lowest BCUT2D eigenvalue weighted by Gasteiger charge is -1.96. The number of hydrogen-bond donors (Lipinski definition) is 0. The molecule has 0 aliphatic carbocycles. The summed E-state index contributed by atoms with van der Waals surface area (Å²) in [5.41, 5.74) is 2.89. The van der Waals surface area contributed by atoms with Gasteiger partial charge >= 0.3 is 0 Å². The molecule has 3 rings (SSSR count). The molecule has 0 aromatic carbocycles. The standard InChI is InChI=1S/C12H9BrN3OS2/c13-9(17)3-6-16-4-1-8(2-5-16)10-15-12-11(19-10)14-7-18-12/h1-2,4-5,7H,3,6H2/q+1. The molecule has 3 aromatic heterocycles. The van der Waals surface area contributed by atoms with Crippen molar-refractivity contribution in [2.45, 2.75) is 13.0 Å². The first kappa shape index (κ1) is 12.8. The third-order valence-corrected chi connectivity index (χ3v) is 4.88. The topological polar surface area (TPSA) is 46.7 Å². The molecule has 0 saturated carbocycles. The van der Waals surface area contributed by atoms with Gasteiger partial charge in [-0.05, 0) is 15.9 Å². The molecule has 19 heavy (non-hydrogen) atoms. The van der Waals surface area contributed by atoms with Gasteiger partial charge in [0.2, 0.25) is 4.69 Å². The molecule has 0 unspecified atom stereocenters. The average molecular weight is 355 g/mol. The largest absolute Gasteiger partial charge is 0.286 e.